The van der Waals surface area contributed by atoms with E-state index in [0.717, 1.165) is 23.9 Å². The molecule has 27 heavy (non-hydrogen) atoms. The van der Waals surface area contributed by atoms with E-state index in [0.29, 0.717) is 19.1 Å². The number of carbonyl (C=O) groups is 1. The Morgan fingerprint density at radius 1 is 1.04 bits per heavy atom. The van der Waals surface area contributed by atoms with Crippen LogP contribution in [-0.2, 0) is 11.3 Å². The Labute approximate surface area is 163 Å². The average molecular weight is 371 g/mol. The van der Waals surface area contributed by atoms with Crippen LogP contribution in [0.3, 0.4) is 0 Å². The predicted octanol–water partition coefficient (Wildman–Crippen LogP) is 3.99. The van der Waals surface area contributed by atoms with Gasteiger partial charge >= 0.3 is 0 Å². The van der Waals surface area contributed by atoms with E-state index >= 15 is 0 Å². The Morgan fingerprint density at radius 3 is 2.37 bits per heavy atom. The van der Waals surface area contributed by atoms with Crippen LogP contribution in [0.5, 0.6) is 0 Å². The number of hydrogen-bond donors (Lipinski definition) is 1. The number of nitrogens with zero attached hydrogens (tertiary/aromatic N) is 1. The molecule has 1 aromatic rings. The molecule has 2 saturated carbocycles. The van der Waals surface area contributed by atoms with E-state index in [-0.39, 0.29) is 18.1 Å². The lowest BCUT2D eigenvalue weighted by atomic mass is 9.81. The lowest BCUT2D eigenvalue weighted by Crippen LogP contribution is -2.48. The fraction of sp³-hybridized carbons (Fsp3) is 0.696. The van der Waals surface area contributed by atoms with Crippen LogP contribution in [0.1, 0.15) is 68.3 Å². The summed E-state index contributed by atoms with van der Waals surface area (Å²) in [6, 6.07) is 8.89. The van der Waals surface area contributed by atoms with E-state index < -0.39 is 0 Å². The number of benzene rings is 1. The molecule has 0 spiro atoms. The molecule has 4 heteroatoms. The minimum Gasteiger partial charge on any atom is -0.372 e. The number of amides is 1. The predicted molar refractivity (Wildman–Crippen MR) is 108 cm³/mol. The fourth-order valence-electron chi connectivity index (χ4n) is 5.04. The van der Waals surface area contributed by atoms with Crippen molar-refractivity contribution in [2.75, 3.05) is 13.1 Å². The van der Waals surface area contributed by atoms with Crippen LogP contribution >= 0.6 is 0 Å². The van der Waals surface area contributed by atoms with Gasteiger partial charge in [0.15, 0.2) is 0 Å². The van der Waals surface area contributed by atoms with Crippen LogP contribution in [0.15, 0.2) is 24.3 Å². The summed E-state index contributed by atoms with van der Waals surface area (Å²) in [5, 5.41) is 3.82. The monoisotopic (exact) mass is 370 g/mol. The zero-order valence-corrected chi connectivity index (χ0v) is 16.8. The van der Waals surface area contributed by atoms with Gasteiger partial charge in [0.05, 0.1) is 12.2 Å². The lowest BCUT2D eigenvalue weighted by Gasteiger charge is -2.35. The van der Waals surface area contributed by atoms with Gasteiger partial charge in [-0.3, -0.25) is 4.79 Å². The van der Waals surface area contributed by atoms with Gasteiger partial charge in [0.1, 0.15) is 0 Å². The zero-order chi connectivity index (χ0) is 18.8. The second-order valence-electron chi connectivity index (χ2n) is 8.94. The van der Waals surface area contributed by atoms with E-state index in [2.05, 4.69) is 17.4 Å². The molecule has 1 aliphatic heterocycles. The number of nitrogens with one attached hydrogen (secondary N) is 1. The van der Waals surface area contributed by atoms with Gasteiger partial charge in [-0.2, -0.15) is 0 Å². The largest absolute Gasteiger partial charge is 0.372 e. The third-order valence-electron chi connectivity index (χ3n) is 6.52. The van der Waals surface area contributed by atoms with E-state index in [1.54, 1.807) is 0 Å². The summed E-state index contributed by atoms with van der Waals surface area (Å²) in [7, 11) is 0. The van der Waals surface area contributed by atoms with Crippen LogP contribution in [0.4, 0.5) is 0 Å². The Kier molecular flexibility index (Phi) is 5.84. The van der Waals surface area contributed by atoms with Crippen LogP contribution in [0.25, 0.3) is 0 Å². The van der Waals surface area contributed by atoms with Gasteiger partial charge in [-0.1, -0.05) is 25.0 Å². The van der Waals surface area contributed by atoms with E-state index in [1.165, 1.54) is 44.1 Å². The van der Waals surface area contributed by atoms with Crippen molar-refractivity contribution in [2.24, 2.45) is 11.8 Å². The maximum Gasteiger partial charge on any atom is 0.254 e. The highest BCUT2D eigenvalue weighted by molar-refractivity contribution is 5.94. The molecular formula is C23H34N2O2. The quantitative estimate of drug-likeness (QED) is 0.852. The normalized spacial score (nSPS) is 31.7. The standard InChI is InChI=1S/C23H34N2O2/c1-16-14-25(15-17(2)27-16)23(26)20-9-7-18(8-10-20)13-24-22-6-4-3-5-21(22)19-11-12-19/h7-10,16-17,19,21-22,24H,3-6,11-15H2,1-2H3/t16-,17+,21-,22-/m1/s1. The minimum absolute atomic E-state index is 0.107. The molecule has 3 aliphatic rings. The summed E-state index contributed by atoms with van der Waals surface area (Å²) in [5.74, 6) is 2.00. The smallest absolute Gasteiger partial charge is 0.254 e. The summed E-state index contributed by atoms with van der Waals surface area (Å²) in [4.78, 5) is 14.7. The molecule has 0 unspecified atom stereocenters. The molecule has 0 radical (unpaired) electrons. The van der Waals surface area contributed by atoms with E-state index in [9.17, 15) is 4.79 Å². The van der Waals surface area contributed by atoms with Crippen LogP contribution < -0.4 is 5.32 Å². The second-order valence-corrected chi connectivity index (χ2v) is 8.94. The molecular weight excluding hydrogens is 336 g/mol. The maximum atomic E-state index is 12.8. The molecule has 1 aromatic carbocycles. The first-order chi connectivity index (χ1) is 13.1. The number of morpholine rings is 1. The molecule has 0 bridgehead atoms. The summed E-state index contributed by atoms with van der Waals surface area (Å²) >= 11 is 0. The first kappa shape index (κ1) is 18.9. The van der Waals surface area contributed by atoms with Crippen LogP contribution in [0, 0.1) is 11.8 Å². The highest BCUT2D eigenvalue weighted by Gasteiger charge is 2.37. The number of rotatable bonds is 5. The molecule has 0 aromatic heterocycles. The first-order valence-corrected chi connectivity index (χ1v) is 10.9. The van der Waals surface area contributed by atoms with Crippen LogP contribution in [-0.4, -0.2) is 42.1 Å². The molecule has 4 rings (SSSR count). The van der Waals surface area contributed by atoms with Gasteiger partial charge in [-0.05, 0) is 69.1 Å². The van der Waals surface area contributed by atoms with Crippen LogP contribution in [0.2, 0.25) is 0 Å². The lowest BCUT2D eigenvalue weighted by molar-refractivity contribution is -0.0586. The third-order valence-corrected chi connectivity index (χ3v) is 6.52. The van der Waals surface area contributed by atoms with Crippen molar-refractivity contribution in [3.05, 3.63) is 35.4 Å². The van der Waals surface area contributed by atoms with Crippen molar-refractivity contribution in [3.63, 3.8) is 0 Å². The molecule has 1 amide bonds. The van der Waals surface area contributed by atoms with Crippen molar-refractivity contribution in [2.45, 2.75) is 77.2 Å². The number of carbonyl (C=O) groups excluding carboxylic acids is 1. The Hall–Kier alpha value is -1.39. The minimum atomic E-state index is 0.107. The van der Waals surface area contributed by atoms with E-state index in [1.807, 2.05) is 30.9 Å². The molecule has 148 valence electrons. The van der Waals surface area contributed by atoms with Crippen molar-refractivity contribution in [3.8, 4) is 0 Å². The first-order valence-electron chi connectivity index (χ1n) is 10.9. The fourth-order valence-corrected chi connectivity index (χ4v) is 5.04. The summed E-state index contributed by atoms with van der Waals surface area (Å²) in [6.07, 6.45) is 8.61. The maximum absolute atomic E-state index is 12.8. The van der Waals surface area contributed by atoms with E-state index in [4.69, 9.17) is 4.74 Å². The second kappa shape index (κ2) is 8.32. The highest BCUT2D eigenvalue weighted by atomic mass is 16.5. The van der Waals surface area contributed by atoms with Gasteiger partial charge in [0, 0.05) is 31.2 Å². The van der Waals surface area contributed by atoms with Crippen molar-refractivity contribution in [1.29, 1.82) is 0 Å². The molecule has 2 aliphatic carbocycles. The summed E-state index contributed by atoms with van der Waals surface area (Å²) in [6.45, 7) is 6.33. The molecule has 3 fully saturated rings. The number of ether oxygens (including phenoxy) is 1. The van der Waals surface area contributed by atoms with Crippen molar-refractivity contribution >= 4 is 5.91 Å². The Bertz CT molecular complexity index is 630. The molecule has 1 heterocycles. The van der Waals surface area contributed by atoms with Gasteiger partial charge in [0.25, 0.3) is 5.91 Å². The summed E-state index contributed by atoms with van der Waals surface area (Å²) in [5.41, 5.74) is 2.06. The number of hydrogen-bond acceptors (Lipinski definition) is 3. The van der Waals surface area contributed by atoms with Crippen molar-refractivity contribution in [1.82, 2.24) is 10.2 Å². The zero-order valence-electron chi connectivity index (χ0n) is 16.8. The molecule has 4 nitrogen and oxygen atoms in total. The van der Waals surface area contributed by atoms with Gasteiger partial charge < -0.3 is 15.0 Å². The SMILES string of the molecule is C[C@@H]1CN(C(=O)c2ccc(CN[C@@H]3CCCC[C@@H]3C3CC3)cc2)C[C@H](C)O1. The van der Waals surface area contributed by atoms with Crippen molar-refractivity contribution < 1.29 is 9.53 Å². The topological polar surface area (TPSA) is 41.6 Å². The Morgan fingerprint density at radius 2 is 1.70 bits per heavy atom. The average Bonchev–Trinajstić information content (AvgIpc) is 3.51. The summed E-state index contributed by atoms with van der Waals surface area (Å²) < 4.78 is 5.74. The Balaban J connectivity index is 1.32. The molecule has 4 atom stereocenters. The molecule has 1 saturated heterocycles. The molecule has 1 N–H and O–H groups in total. The van der Waals surface area contributed by atoms with Gasteiger partial charge in [-0.25, -0.2) is 0 Å². The third kappa shape index (κ3) is 4.72. The van der Waals surface area contributed by atoms with Gasteiger partial charge in [-0.15, -0.1) is 0 Å². The van der Waals surface area contributed by atoms with Gasteiger partial charge in [0.2, 0.25) is 0 Å². The highest BCUT2D eigenvalue weighted by Crippen LogP contribution is 2.44.